The zero-order chi connectivity index (χ0) is 17.6. The predicted molar refractivity (Wildman–Crippen MR) is 94.9 cm³/mol. The second kappa shape index (κ2) is 7.85. The monoisotopic (exact) mass is 402 g/mol. The normalized spacial score (nSPS) is 10.4. The van der Waals surface area contributed by atoms with E-state index in [1.165, 1.54) is 6.07 Å². The molecular weight excluding hydrogens is 388 g/mol. The Morgan fingerprint density at radius 1 is 1.16 bits per heavy atom. The third-order valence-electron chi connectivity index (χ3n) is 3.40. The summed E-state index contributed by atoms with van der Waals surface area (Å²) in [7, 11) is 0. The fourth-order valence-electron chi connectivity index (χ4n) is 2.30. The molecule has 25 heavy (non-hydrogen) atoms. The molecule has 128 valence electrons. The number of aromatic nitrogens is 2. The van der Waals surface area contributed by atoms with Crippen LogP contribution in [0.15, 0.2) is 65.3 Å². The van der Waals surface area contributed by atoms with Gasteiger partial charge in [-0.2, -0.15) is 0 Å². The van der Waals surface area contributed by atoms with Crippen LogP contribution in [0.25, 0.3) is 0 Å². The third-order valence-corrected chi connectivity index (χ3v) is 3.89. The van der Waals surface area contributed by atoms with Crippen LogP contribution in [0.4, 0.5) is 4.79 Å². The number of rotatable bonds is 6. The first-order chi connectivity index (χ1) is 12.1. The van der Waals surface area contributed by atoms with Gasteiger partial charge < -0.3 is 14.6 Å². The van der Waals surface area contributed by atoms with Gasteiger partial charge in [0.25, 0.3) is 0 Å². The van der Waals surface area contributed by atoms with Gasteiger partial charge >= 0.3 is 6.16 Å². The Bertz CT molecular complexity index is 865. The van der Waals surface area contributed by atoms with Crippen LogP contribution in [0.5, 0.6) is 11.6 Å². The summed E-state index contributed by atoms with van der Waals surface area (Å²) >= 11 is 3.46. The Hall–Kier alpha value is -2.80. The summed E-state index contributed by atoms with van der Waals surface area (Å²) in [5, 5.41) is 12.7. The minimum absolute atomic E-state index is 0.0363. The fraction of sp³-hybridized carbons (Fsp3) is 0.111. The summed E-state index contributed by atoms with van der Waals surface area (Å²) < 4.78 is 13.0. The molecule has 0 spiro atoms. The molecule has 0 amide bonds. The summed E-state index contributed by atoms with van der Waals surface area (Å²) in [5.74, 6) is 0.775. The predicted octanol–water partition coefficient (Wildman–Crippen LogP) is 4.33. The van der Waals surface area contributed by atoms with Crippen molar-refractivity contribution < 1.29 is 19.4 Å². The van der Waals surface area contributed by atoms with Gasteiger partial charge in [-0.05, 0) is 23.8 Å². The van der Waals surface area contributed by atoms with Crippen molar-refractivity contribution in [3.05, 3.63) is 76.4 Å². The molecule has 3 rings (SSSR count). The Morgan fingerprint density at radius 2 is 1.96 bits per heavy atom. The first-order valence-corrected chi connectivity index (χ1v) is 8.29. The Labute approximate surface area is 152 Å². The second-order valence-corrected chi connectivity index (χ2v) is 6.16. The summed E-state index contributed by atoms with van der Waals surface area (Å²) in [6.45, 7) is 0.883. The lowest BCUT2D eigenvalue weighted by molar-refractivity contribution is 0.142. The summed E-state index contributed by atoms with van der Waals surface area (Å²) in [6, 6.07) is 17.1. The molecule has 0 saturated heterocycles. The maximum absolute atomic E-state index is 10.6. The fourth-order valence-corrected chi connectivity index (χ4v) is 2.71. The number of benzene rings is 2. The van der Waals surface area contributed by atoms with Crippen LogP contribution < -0.4 is 9.47 Å². The van der Waals surface area contributed by atoms with Crippen LogP contribution in [-0.4, -0.2) is 21.0 Å². The van der Waals surface area contributed by atoms with Crippen LogP contribution in [-0.2, 0) is 13.2 Å². The van der Waals surface area contributed by atoms with Crippen molar-refractivity contribution in [2.75, 3.05) is 0 Å². The van der Waals surface area contributed by atoms with E-state index < -0.39 is 6.16 Å². The lowest BCUT2D eigenvalue weighted by atomic mass is 10.2. The van der Waals surface area contributed by atoms with Gasteiger partial charge in [0.05, 0.1) is 6.54 Å². The van der Waals surface area contributed by atoms with E-state index in [9.17, 15) is 4.79 Å². The molecular formula is C18H15BrN2O4. The van der Waals surface area contributed by atoms with E-state index in [0.717, 1.165) is 21.3 Å². The number of hydrogen-bond donors (Lipinski definition) is 1. The van der Waals surface area contributed by atoms with Crippen molar-refractivity contribution in [2.45, 2.75) is 13.2 Å². The van der Waals surface area contributed by atoms with Gasteiger partial charge in [0.15, 0.2) is 0 Å². The lowest BCUT2D eigenvalue weighted by Gasteiger charge is -2.12. The average Bonchev–Trinajstić information content (AvgIpc) is 3.01. The van der Waals surface area contributed by atoms with Gasteiger partial charge in [0, 0.05) is 22.3 Å². The molecule has 3 aromatic rings. The van der Waals surface area contributed by atoms with E-state index in [2.05, 4.69) is 25.8 Å². The highest BCUT2D eigenvalue weighted by Gasteiger charge is 2.09. The smallest absolute Gasteiger partial charge is 0.489 e. The average molecular weight is 403 g/mol. The van der Waals surface area contributed by atoms with Crippen molar-refractivity contribution >= 4 is 22.1 Å². The molecule has 0 saturated carbocycles. The topological polar surface area (TPSA) is 73.6 Å². The van der Waals surface area contributed by atoms with Crippen LogP contribution in [0.3, 0.4) is 0 Å². The summed E-state index contributed by atoms with van der Waals surface area (Å²) in [6.07, 6.45) is 0.264. The lowest BCUT2D eigenvalue weighted by Crippen LogP contribution is -2.06. The summed E-state index contributed by atoms with van der Waals surface area (Å²) in [5.41, 5.74) is 1.99. The summed E-state index contributed by atoms with van der Waals surface area (Å²) in [4.78, 5) is 10.6. The maximum atomic E-state index is 10.6. The molecule has 0 aliphatic carbocycles. The van der Waals surface area contributed by atoms with Gasteiger partial charge in [-0.1, -0.05) is 46.3 Å². The van der Waals surface area contributed by atoms with Gasteiger partial charge in [-0.25, -0.2) is 4.79 Å². The number of ether oxygens (including phenoxy) is 2. The van der Waals surface area contributed by atoms with Gasteiger partial charge in [0.2, 0.25) is 5.88 Å². The minimum atomic E-state index is -1.39. The molecule has 7 heteroatoms. The molecule has 2 aromatic carbocycles. The highest BCUT2D eigenvalue weighted by atomic mass is 79.9. The van der Waals surface area contributed by atoms with Crippen LogP contribution in [0, 0.1) is 0 Å². The van der Waals surface area contributed by atoms with Gasteiger partial charge in [0.1, 0.15) is 12.4 Å². The highest BCUT2D eigenvalue weighted by molar-refractivity contribution is 9.10. The van der Waals surface area contributed by atoms with E-state index in [4.69, 9.17) is 9.84 Å². The van der Waals surface area contributed by atoms with E-state index in [0.29, 0.717) is 13.2 Å². The van der Waals surface area contributed by atoms with Crippen molar-refractivity contribution in [1.82, 2.24) is 9.78 Å². The molecule has 0 atom stereocenters. The molecule has 1 N–H and O–H groups in total. The van der Waals surface area contributed by atoms with Crippen molar-refractivity contribution in [1.29, 1.82) is 0 Å². The first kappa shape index (κ1) is 17.0. The van der Waals surface area contributed by atoms with E-state index in [1.54, 1.807) is 10.9 Å². The quantitative estimate of drug-likeness (QED) is 0.621. The van der Waals surface area contributed by atoms with E-state index in [-0.39, 0.29) is 5.88 Å². The zero-order valence-electron chi connectivity index (χ0n) is 13.1. The van der Waals surface area contributed by atoms with Gasteiger partial charge in [-0.3, -0.25) is 4.68 Å². The van der Waals surface area contributed by atoms with E-state index in [1.807, 2.05) is 48.5 Å². The number of hydrogen-bond acceptors (Lipinski definition) is 4. The van der Waals surface area contributed by atoms with Gasteiger partial charge in [-0.15, -0.1) is 5.10 Å². The van der Waals surface area contributed by atoms with Crippen LogP contribution in [0.1, 0.15) is 11.1 Å². The molecule has 0 aliphatic heterocycles. The molecule has 0 radical (unpaired) electrons. The minimum Gasteiger partial charge on any atom is -0.489 e. The maximum Gasteiger partial charge on any atom is 0.512 e. The number of carbonyl (C=O) groups is 1. The Balaban J connectivity index is 1.74. The number of nitrogens with zero attached hydrogens (tertiary/aromatic N) is 2. The molecule has 0 unspecified atom stereocenters. The number of halogens is 1. The van der Waals surface area contributed by atoms with E-state index >= 15 is 0 Å². The molecule has 0 aliphatic rings. The molecule has 1 heterocycles. The van der Waals surface area contributed by atoms with Crippen LogP contribution >= 0.6 is 15.9 Å². The number of carboxylic acid groups (broad SMARTS) is 1. The Kier molecular flexibility index (Phi) is 5.35. The first-order valence-electron chi connectivity index (χ1n) is 7.49. The molecule has 0 bridgehead atoms. The molecule has 1 aromatic heterocycles. The Morgan fingerprint density at radius 3 is 2.72 bits per heavy atom. The third kappa shape index (κ3) is 4.84. The second-order valence-electron chi connectivity index (χ2n) is 5.25. The van der Waals surface area contributed by atoms with Crippen molar-refractivity contribution in [2.24, 2.45) is 0 Å². The standard InChI is InChI=1S/C18H15BrN2O4/c19-15-6-7-16(24-12-13-4-2-1-3-5-13)14(10-15)11-21-9-8-17(20-21)25-18(22)23/h1-10H,11-12H2,(H,22,23). The molecule has 0 fully saturated rings. The van der Waals surface area contributed by atoms with Crippen LogP contribution in [0.2, 0.25) is 0 Å². The largest absolute Gasteiger partial charge is 0.512 e. The molecule has 6 nitrogen and oxygen atoms in total. The van der Waals surface area contributed by atoms with Crippen molar-refractivity contribution in [3.63, 3.8) is 0 Å². The zero-order valence-corrected chi connectivity index (χ0v) is 14.7. The SMILES string of the molecule is O=C(O)Oc1ccn(Cc2cc(Br)ccc2OCc2ccccc2)n1. The highest BCUT2D eigenvalue weighted by Crippen LogP contribution is 2.25. The van der Waals surface area contributed by atoms with Crippen molar-refractivity contribution in [3.8, 4) is 11.6 Å².